The molecule has 1 unspecified atom stereocenters. The molecule has 1 N–H and O–H groups in total. The molecular formula is C19H19N3O4S. The predicted octanol–water partition coefficient (Wildman–Crippen LogP) is 4.14. The van der Waals surface area contributed by atoms with Gasteiger partial charge in [-0.1, -0.05) is 19.1 Å². The molecule has 0 spiro atoms. The molecule has 0 aliphatic carbocycles. The lowest BCUT2D eigenvalue weighted by Gasteiger charge is -2.11. The molecule has 1 atom stereocenters. The van der Waals surface area contributed by atoms with Gasteiger partial charge in [0.2, 0.25) is 0 Å². The fourth-order valence-electron chi connectivity index (χ4n) is 2.61. The molecule has 1 heterocycles. The largest absolute Gasteiger partial charge is 0.487 e. The predicted molar refractivity (Wildman–Crippen MR) is 105 cm³/mol. The van der Waals surface area contributed by atoms with Crippen LogP contribution in [0.5, 0.6) is 5.75 Å². The smallest absolute Gasteiger partial charge is 0.311 e. The number of rotatable bonds is 7. The number of para-hydroxylation sites is 1. The number of hydrogen-bond acceptors (Lipinski definition) is 6. The van der Waals surface area contributed by atoms with E-state index in [4.69, 9.17) is 4.74 Å². The van der Waals surface area contributed by atoms with Gasteiger partial charge in [-0.25, -0.2) is 4.98 Å². The average Bonchev–Trinajstić information content (AvgIpc) is 3.10. The second-order valence-corrected chi connectivity index (χ2v) is 7.07. The van der Waals surface area contributed by atoms with Crippen LogP contribution >= 0.6 is 11.3 Å². The number of aromatic nitrogens is 1. The van der Waals surface area contributed by atoms with E-state index in [-0.39, 0.29) is 28.8 Å². The molecule has 0 radical (unpaired) electrons. The molecule has 0 aliphatic heterocycles. The van der Waals surface area contributed by atoms with Crippen LogP contribution in [0.3, 0.4) is 0 Å². The number of hydrogen-bond donors (Lipinski definition) is 1. The number of fused-ring (bicyclic) bond motifs is 1. The summed E-state index contributed by atoms with van der Waals surface area (Å²) < 4.78 is 6.34. The van der Waals surface area contributed by atoms with Gasteiger partial charge in [0.1, 0.15) is 0 Å². The summed E-state index contributed by atoms with van der Waals surface area (Å²) in [5.41, 5.74) is 0.947. The molecule has 7 nitrogen and oxygen atoms in total. The van der Waals surface area contributed by atoms with E-state index >= 15 is 0 Å². The van der Waals surface area contributed by atoms with Crippen molar-refractivity contribution in [2.75, 3.05) is 13.2 Å². The van der Waals surface area contributed by atoms with Gasteiger partial charge in [0.15, 0.2) is 5.75 Å². The Balaban J connectivity index is 1.69. The van der Waals surface area contributed by atoms with Gasteiger partial charge in [-0.3, -0.25) is 14.9 Å². The third-order valence-corrected chi connectivity index (χ3v) is 5.29. The number of benzene rings is 2. The molecule has 0 bridgehead atoms. The fourth-order valence-corrected chi connectivity index (χ4v) is 3.63. The first kappa shape index (κ1) is 18.8. The van der Waals surface area contributed by atoms with Crippen molar-refractivity contribution in [1.82, 2.24) is 10.3 Å². The summed E-state index contributed by atoms with van der Waals surface area (Å²) in [6, 6.07) is 12.1. The highest BCUT2D eigenvalue weighted by Gasteiger charge is 2.19. The molecule has 0 saturated carbocycles. The minimum absolute atomic E-state index is 0.0315. The molecule has 27 heavy (non-hydrogen) atoms. The summed E-state index contributed by atoms with van der Waals surface area (Å²) in [6.45, 7) is 4.43. The number of ether oxygens (including phenoxy) is 1. The Kier molecular flexibility index (Phi) is 5.66. The van der Waals surface area contributed by atoms with E-state index in [1.54, 1.807) is 18.3 Å². The molecule has 0 aliphatic rings. The number of nitrogens with zero attached hydrogens (tertiary/aromatic N) is 2. The van der Waals surface area contributed by atoms with Crippen molar-refractivity contribution in [1.29, 1.82) is 0 Å². The van der Waals surface area contributed by atoms with Crippen molar-refractivity contribution < 1.29 is 14.5 Å². The zero-order valence-corrected chi connectivity index (χ0v) is 15.8. The van der Waals surface area contributed by atoms with E-state index in [0.29, 0.717) is 13.2 Å². The number of amides is 1. The lowest BCUT2D eigenvalue weighted by molar-refractivity contribution is -0.385. The van der Waals surface area contributed by atoms with Crippen LogP contribution in [0.4, 0.5) is 5.69 Å². The Bertz CT molecular complexity index is 953. The first-order valence-electron chi connectivity index (χ1n) is 8.54. The maximum Gasteiger partial charge on any atom is 0.311 e. The molecule has 3 aromatic rings. The highest BCUT2D eigenvalue weighted by atomic mass is 32.1. The van der Waals surface area contributed by atoms with Crippen molar-refractivity contribution in [3.05, 3.63) is 63.1 Å². The maximum atomic E-state index is 12.4. The third-order valence-electron chi connectivity index (χ3n) is 4.02. The average molecular weight is 385 g/mol. The molecule has 140 valence electrons. The van der Waals surface area contributed by atoms with Gasteiger partial charge in [-0.15, -0.1) is 11.3 Å². The van der Waals surface area contributed by atoms with Crippen LogP contribution < -0.4 is 10.1 Å². The van der Waals surface area contributed by atoms with Crippen molar-refractivity contribution in [2.24, 2.45) is 0 Å². The monoisotopic (exact) mass is 385 g/mol. The number of carbonyl (C=O) groups is 1. The number of nitro groups is 1. The number of thiazole rings is 1. The second-order valence-electron chi connectivity index (χ2n) is 6.00. The van der Waals surface area contributed by atoms with E-state index in [1.165, 1.54) is 18.2 Å². The summed E-state index contributed by atoms with van der Waals surface area (Å²) in [4.78, 5) is 27.6. The molecule has 3 rings (SSSR count). The molecule has 0 fully saturated rings. The first-order chi connectivity index (χ1) is 13.0. The number of nitro benzene ring substituents is 1. The standard InChI is InChI=1S/C19H19N3O4S/c1-3-26-16-9-8-13(10-15(16)22(24)25)18(23)20-11-12(2)19-21-14-6-4-5-7-17(14)27-19/h4-10,12H,3,11H2,1-2H3,(H,20,23). The van der Waals surface area contributed by atoms with E-state index in [2.05, 4.69) is 10.3 Å². The van der Waals surface area contributed by atoms with E-state index < -0.39 is 4.92 Å². The number of nitrogens with one attached hydrogen (secondary N) is 1. The summed E-state index contributed by atoms with van der Waals surface area (Å²) in [5.74, 6) is -0.181. The second kappa shape index (κ2) is 8.13. The quantitative estimate of drug-likeness (QED) is 0.487. The third kappa shape index (κ3) is 4.22. The Morgan fingerprint density at radius 1 is 1.33 bits per heavy atom. The van der Waals surface area contributed by atoms with Gasteiger partial charge in [-0.05, 0) is 31.2 Å². The maximum absolute atomic E-state index is 12.4. The van der Waals surface area contributed by atoms with Crippen LogP contribution in [0.25, 0.3) is 10.2 Å². The summed E-state index contributed by atoms with van der Waals surface area (Å²) in [7, 11) is 0. The molecule has 0 saturated heterocycles. The Hall–Kier alpha value is -3.00. The first-order valence-corrected chi connectivity index (χ1v) is 9.36. The lowest BCUT2D eigenvalue weighted by atomic mass is 10.1. The van der Waals surface area contributed by atoms with Crippen molar-refractivity contribution in [3.63, 3.8) is 0 Å². The van der Waals surface area contributed by atoms with Crippen LogP contribution in [0, 0.1) is 10.1 Å². The highest BCUT2D eigenvalue weighted by Crippen LogP contribution is 2.29. The van der Waals surface area contributed by atoms with Gasteiger partial charge in [0.05, 0.1) is 26.8 Å². The minimum Gasteiger partial charge on any atom is -0.487 e. The minimum atomic E-state index is -0.550. The van der Waals surface area contributed by atoms with E-state index in [1.807, 2.05) is 31.2 Å². The van der Waals surface area contributed by atoms with Crippen LogP contribution in [0.1, 0.15) is 35.1 Å². The Labute approximate surface area is 160 Å². The molecule has 8 heteroatoms. The van der Waals surface area contributed by atoms with E-state index in [0.717, 1.165) is 15.2 Å². The van der Waals surface area contributed by atoms with Crippen LogP contribution in [0.2, 0.25) is 0 Å². The van der Waals surface area contributed by atoms with Crippen LogP contribution in [-0.4, -0.2) is 29.0 Å². The van der Waals surface area contributed by atoms with Crippen molar-refractivity contribution in [3.8, 4) is 5.75 Å². The van der Waals surface area contributed by atoms with Crippen molar-refractivity contribution >= 4 is 33.1 Å². The van der Waals surface area contributed by atoms with E-state index in [9.17, 15) is 14.9 Å². The Morgan fingerprint density at radius 2 is 2.11 bits per heavy atom. The molecule has 1 aromatic heterocycles. The zero-order valence-electron chi connectivity index (χ0n) is 15.0. The molecule has 1 amide bonds. The van der Waals surface area contributed by atoms with Crippen molar-refractivity contribution in [2.45, 2.75) is 19.8 Å². The summed E-state index contributed by atoms with van der Waals surface area (Å²) >= 11 is 1.60. The van der Waals surface area contributed by atoms with Crippen LogP contribution in [-0.2, 0) is 0 Å². The van der Waals surface area contributed by atoms with Gasteiger partial charge >= 0.3 is 5.69 Å². The zero-order chi connectivity index (χ0) is 19.4. The van der Waals surface area contributed by atoms with Gasteiger partial charge < -0.3 is 10.1 Å². The highest BCUT2D eigenvalue weighted by molar-refractivity contribution is 7.18. The lowest BCUT2D eigenvalue weighted by Crippen LogP contribution is -2.27. The van der Waals surface area contributed by atoms with Gasteiger partial charge in [-0.2, -0.15) is 0 Å². The van der Waals surface area contributed by atoms with Gasteiger partial charge in [0, 0.05) is 24.1 Å². The summed E-state index contributed by atoms with van der Waals surface area (Å²) in [6.07, 6.45) is 0. The van der Waals surface area contributed by atoms with Gasteiger partial charge in [0.25, 0.3) is 5.91 Å². The topological polar surface area (TPSA) is 94.4 Å². The normalized spacial score (nSPS) is 11.9. The SMILES string of the molecule is CCOc1ccc(C(=O)NCC(C)c2nc3ccccc3s2)cc1[N+](=O)[O-]. The fraction of sp³-hybridized carbons (Fsp3) is 0.263. The summed E-state index contributed by atoms with van der Waals surface area (Å²) in [5, 5.41) is 15.0. The Morgan fingerprint density at radius 3 is 2.81 bits per heavy atom. The number of carbonyl (C=O) groups excluding carboxylic acids is 1. The molecule has 2 aromatic carbocycles. The molecular weight excluding hydrogens is 366 g/mol. The van der Waals surface area contributed by atoms with Crippen LogP contribution in [0.15, 0.2) is 42.5 Å².